The zero-order chi connectivity index (χ0) is 20.8. The molecule has 0 unspecified atom stereocenters. The maximum Gasteiger partial charge on any atom is 0.308 e. The van der Waals surface area contributed by atoms with Gasteiger partial charge >= 0.3 is 5.97 Å². The average Bonchev–Trinajstić information content (AvgIpc) is 3.27. The van der Waals surface area contributed by atoms with Crippen molar-refractivity contribution in [1.82, 2.24) is 0 Å². The fraction of sp³-hybridized carbons (Fsp3) is 0.150. The molecular weight excluding hydrogens is 416 g/mol. The van der Waals surface area contributed by atoms with E-state index in [0.29, 0.717) is 5.75 Å². The number of phenols is 1. The minimum atomic E-state index is -0.352. The first kappa shape index (κ1) is 21.2. The molecule has 0 fully saturated rings. The highest BCUT2D eigenvalue weighted by atomic mass is 32.1. The van der Waals surface area contributed by atoms with E-state index in [-0.39, 0.29) is 24.9 Å². The van der Waals surface area contributed by atoms with E-state index in [1.165, 1.54) is 6.92 Å². The second kappa shape index (κ2) is 9.79. The summed E-state index contributed by atoms with van der Waals surface area (Å²) in [5.41, 5.74) is 1.76. The summed E-state index contributed by atoms with van der Waals surface area (Å²) < 4.78 is 7.12. The molecule has 2 heterocycles. The maximum absolute atomic E-state index is 10.8. The zero-order valence-corrected chi connectivity index (χ0v) is 17.0. The van der Waals surface area contributed by atoms with Gasteiger partial charge in [0, 0.05) is 27.1 Å². The van der Waals surface area contributed by atoms with Gasteiger partial charge in [0.2, 0.25) is 0 Å². The van der Waals surface area contributed by atoms with Crippen LogP contribution >= 0.6 is 22.7 Å². The van der Waals surface area contributed by atoms with E-state index in [1.807, 2.05) is 22.9 Å². The molecule has 0 bridgehead atoms. The van der Waals surface area contributed by atoms with E-state index in [9.17, 15) is 9.90 Å². The number of rotatable bonds is 5. The molecule has 3 N–H and O–H groups in total. The number of carbonyl (C=O) groups excluding carboxylic acids is 1. The molecule has 2 aromatic carbocycles. The molecule has 4 aromatic rings. The van der Waals surface area contributed by atoms with Gasteiger partial charge in [-0.2, -0.15) is 0 Å². The summed E-state index contributed by atoms with van der Waals surface area (Å²) in [6.45, 7) is 1.64. The van der Waals surface area contributed by atoms with Crippen molar-refractivity contribution in [2.24, 2.45) is 0 Å². The van der Waals surface area contributed by atoms with Gasteiger partial charge in [-0.1, -0.05) is 0 Å². The Balaban J connectivity index is 0.000000169. The van der Waals surface area contributed by atoms with Gasteiger partial charge in [0.25, 0.3) is 0 Å². The lowest BCUT2D eigenvalue weighted by atomic mass is 10.2. The van der Waals surface area contributed by atoms with Crippen LogP contribution in [0, 0.1) is 0 Å². The van der Waals surface area contributed by atoms with Crippen molar-refractivity contribution < 1.29 is 34.9 Å². The Labute approximate surface area is 173 Å². The van der Waals surface area contributed by atoms with E-state index in [4.69, 9.17) is 15.3 Å². The van der Waals surface area contributed by atoms with Gasteiger partial charge < -0.3 is 9.84 Å². The molecule has 0 aliphatic heterocycles. The molecule has 2 aromatic heterocycles. The third-order valence-corrected chi connectivity index (χ3v) is 5.99. The summed E-state index contributed by atoms with van der Waals surface area (Å²) in [4.78, 5) is 19.0. The first-order valence-electron chi connectivity index (χ1n) is 8.42. The van der Waals surface area contributed by atoms with Crippen molar-refractivity contribution in [2.75, 3.05) is 0 Å². The molecule has 0 atom stereocenters. The van der Waals surface area contributed by atoms with Gasteiger partial charge in [-0.25, -0.2) is 9.78 Å². The first-order chi connectivity index (χ1) is 14.0. The van der Waals surface area contributed by atoms with Crippen molar-refractivity contribution in [3.8, 4) is 11.5 Å². The number of thiophene rings is 2. The van der Waals surface area contributed by atoms with E-state index in [0.717, 1.165) is 31.3 Å². The van der Waals surface area contributed by atoms with Gasteiger partial charge in [-0.3, -0.25) is 15.3 Å². The molecule has 0 radical (unpaired) electrons. The third kappa shape index (κ3) is 5.30. The van der Waals surface area contributed by atoms with Gasteiger partial charge in [0.1, 0.15) is 24.7 Å². The average molecular weight is 434 g/mol. The van der Waals surface area contributed by atoms with Crippen molar-refractivity contribution in [1.29, 1.82) is 0 Å². The lowest BCUT2D eigenvalue weighted by Gasteiger charge is -2.01. The molecule has 152 valence electrons. The van der Waals surface area contributed by atoms with Gasteiger partial charge in [0.15, 0.2) is 0 Å². The van der Waals surface area contributed by atoms with E-state index < -0.39 is 0 Å². The highest BCUT2D eigenvalue weighted by Crippen LogP contribution is 2.30. The number of hydrogen-bond donors (Lipinski definition) is 3. The SMILES string of the molecule is CC(=O)Oc1ccc2scc(COO)c2c1.OOCc1csc2ccc(O)cc12. The molecule has 0 amide bonds. The lowest BCUT2D eigenvalue weighted by molar-refractivity contribution is -0.252. The zero-order valence-electron chi connectivity index (χ0n) is 15.3. The highest BCUT2D eigenvalue weighted by Gasteiger charge is 2.07. The number of benzene rings is 2. The van der Waals surface area contributed by atoms with Crippen LogP contribution in [0.4, 0.5) is 0 Å². The molecule has 0 aliphatic rings. The second-order valence-corrected chi connectivity index (χ2v) is 7.82. The van der Waals surface area contributed by atoms with Crippen molar-refractivity contribution >= 4 is 48.8 Å². The second-order valence-electron chi connectivity index (χ2n) is 6.00. The summed E-state index contributed by atoms with van der Waals surface area (Å²) in [7, 11) is 0. The minimum Gasteiger partial charge on any atom is -0.508 e. The van der Waals surface area contributed by atoms with Crippen LogP contribution in [0.1, 0.15) is 18.1 Å². The summed E-state index contributed by atoms with van der Waals surface area (Å²) >= 11 is 3.11. The Morgan fingerprint density at radius 2 is 1.45 bits per heavy atom. The van der Waals surface area contributed by atoms with E-state index in [2.05, 4.69) is 9.78 Å². The van der Waals surface area contributed by atoms with Gasteiger partial charge in [-0.05, 0) is 58.3 Å². The van der Waals surface area contributed by atoms with Crippen LogP contribution in [0.2, 0.25) is 0 Å². The molecule has 4 rings (SSSR count). The van der Waals surface area contributed by atoms with Crippen molar-refractivity contribution in [2.45, 2.75) is 20.1 Å². The number of esters is 1. The topological polar surface area (TPSA) is 105 Å². The third-order valence-electron chi connectivity index (χ3n) is 3.96. The molecular formula is C20H18O7S2. The highest BCUT2D eigenvalue weighted by molar-refractivity contribution is 7.17. The predicted molar refractivity (Wildman–Crippen MR) is 111 cm³/mol. The molecule has 9 heteroatoms. The summed E-state index contributed by atoms with van der Waals surface area (Å²) in [5.74, 6) is 0.372. The number of carbonyl (C=O) groups is 1. The van der Waals surface area contributed by atoms with E-state index in [1.54, 1.807) is 46.9 Å². The Morgan fingerprint density at radius 1 is 0.897 bits per heavy atom. The first-order valence-corrected chi connectivity index (χ1v) is 10.2. The van der Waals surface area contributed by atoms with Crippen molar-refractivity contribution in [3.63, 3.8) is 0 Å². The number of fused-ring (bicyclic) bond motifs is 2. The Morgan fingerprint density at radius 3 is 2.00 bits per heavy atom. The molecule has 0 spiro atoms. The van der Waals surface area contributed by atoms with Crippen LogP contribution in [0.15, 0.2) is 47.2 Å². The summed E-state index contributed by atoms with van der Waals surface area (Å²) in [5, 5.41) is 31.6. The molecule has 0 saturated carbocycles. The largest absolute Gasteiger partial charge is 0.508 e. The summed E-state index contributed by atoms with van der Waals surface area (Å²) in [6, 6.07) is 10.5. The van der Waals surface area contributed by atoms with Crippen LogP contribution < -0.4 is 4.74 Å². The van der Waals surface area contributed by atoms with Crippen LogP contribution in [0.25, 0.3) is 20.2 Å². The van der Waals surface area contributed by atoms with E-state index >= 15 is 0 Å². The molecule has 7 nitrogen and oxygen atoms in total. The minimum absolute atomic E-state index is 0.128. The van der Waals surface area contributed by atoms with Crippen LogP contribution in [-0.2, 0) is 27.8 Å². The van der Waals surface area contributed by atoms with Crippen LogP contribution in [-0.4, -0.2) is 21.6 Å². The predicted octanol–water partition coefficient (Wildman–Crippen LogP) is 5.41. The Hall–Kier alpha value is -2.53. The number of phenolic OH excluding ortho intramolecular Hbond substituents is 1. The normalized spacial score (nSPS) is 10.7. The number of hydrogen-bond acceptors (Lipinski definition) is 9. The monoisotopic (exact) mass is 434 g/mol. The maximum atomic E-state index is 10.8. The molecule has 0 saturated heterocycles. The van der Waals surface area contributed by atoms with Gasteiger partial charge in [-0.15, -0.1) is 22.7 Å². The number of ether oxygens (including phenoxy) is 1. The quantitative estimate of drug-likeness (QED) is 0.167. The van der Waals surface area contributed by atoms with Crippen LogP contribution in [0.3, 0.4) is 0 Å². The molecule has 29 heavy (non-hydrogen) atoms. The smallest absolute Gasteiger partial charge is 0.308 e. The Kier molecular flexibility index (Phi) is 7.15. The lowest BCUT2D eigenvalue weighted by Crippen LogP contribution is -2.00. The fourth-order valence-electron chi connectivity index (χ4n) is 2.72. The standard InChI is InChI=1S/C11H10O4S.C9H8O3S/c1-7(12)15-9-2-3-11-10(4-9)8(5-14-13)6-16-11;10-7-1-2-9-8(3-7)6(4-12-11)5-13-9/h2-4,6,13H,5H2,1H3;1-3,5,10-11H,4H2. The summed E-state index contributed by atoms with van der Waals surface area (Å²) in [6.07, 6.45) is 0. The Bertz CT molecular complexity index is 1120. The van der Waals surface area contributed by atoms with Crippen molar-refractivity contribution in [3.05, 3.63) is 58.3 Å². The van der Waals surface area contributed by atoms with Gasteiger partial charge in [0.05, 0.1) is 0 Å². The molecule has 0 aliphatic carbocycles. The van der Waals surface area contributed by atoms with Crippen LogP contribution in [0.5, 0.6) is 11.5 Å². The fourth-order valence-corrected chi connectivity index (χ4v) is 4.58. The number of aromatic hydroxyl groups is 1.